The SMILES string of the molecule is FC(=C(F)C1(F)OC1(F)F)C(F)(F)F. The Morgan fingerprint density at radius 2 is 1.36 bits per heavy atom. The molecule has 1 saturated heterocycles. The van der Waals surface area contributed by atoms with Crippen LogP contribution in [0.1, 0.15) is 0 Å². The number of allylic oxidation sites excluding steroid dienone is 1. The molecule has 0 amide bonds. The summed E-state index contributed by atoms with van der Waals surface area (Å²) < 4.78 is 96.7. The number of rotatable bonds is 1. The van der Waals surface area contributed by atoms with Gasteiger partial charge >= 0.3 is 18.1 Å². The van der Waals surface area contributed by atoms with Crippen LogP contribution in [0.5, 0.6) is 0 Å². The van der Waals surface area contributed by atoms with E-state index in [2.05, 4.69) is 4.74 Å². The van der Waals surface area contributed by atoms with Crippen molar-refractivity contribution in [3.63, 3.8) is 0 Å². The maximum absolute atomic E-state index is 12.3. The Bertz CT molecular complexity index is 291. The zero-order valence-corrected chi connectivity index (χ0v) is 5.93. The zero-order chi connectivity index (χ0) is 11.4. The Kier molecular flexibility index (Phi) is 2.07. The van der Waals surface area contributed by atoms with Crippen molar-refractivity contribution in [2.75, 3.05) is 0 Å². The van der Waals surface area contributed by atoms with E-state index in [0.717, 1.165) is 0 Å². The van der Waals surface area contributed by atoms with Crippen molar-refractivity contribution >= 4 is 0 Å². The van der Waals surface area contributed by atoms with E-state index < -0.39 is 29.8 Å². The second-order valence-corrected chi connectivity index (χ2v) is 2.34. The Hall–Kier alpha value is -0.860. The lowest BCUT2D eigenvalue weighted by Crippen LogP contribution is -2.19. The van der Waals surface area contributed by atoms with Crippen molar-refractivity contribution in [1.29, 1.82) is 0 Å². The third-order valence-corrected chi connectivity index (χ3v) is 1.33. The maximum atomic E-state index is 12.3. The molecule has 0 aliphatic carbocycles. The fraction of sp³-hybridized carbons (Fsp3) is 0.600. The van der Waals surface area contributed by atoms with Crippen molar-refractivity contribution in [1.82, 2.24) is 0 Å². The smallest absolute Gasteiger partial charge is 0.264 e. The second-order valence-electron chi connectivity index (χ2n) is 2.34. The summed E-state index contributed by atoms with van der Waals surface area (Å²) in [5.41, 5.74) is 0. The standard InChI is InChI=1S/C5F8O/c6-1(2(7)4(9,10)11)3(8)5(12,13)14-3. The minimum atomic E-state index is -5.87. The molecule has 1 heterocycles. The average molecular weight is 228 g/mol. The van der Waals surface area contributed by atoms with Crippen LogP contribution in [0, 0.1) is 0 Å². The number of hydrogen-bond acceptors (Lipinski definition) is 1. The van der Waals surface area contributed by atoms with Gasteiger partial charge in [0.2, 0.25) is 11.7 Å². The molecule has 1 fully saturated rings. The van der Waals surface area contributed by atoms with Crippen molar-refractivity contribution in [3.8, 4) is 0 Å². The van der Waals surface area contributed by atoms with Crippen LogP contribution in [0.2, 0.25) is 0 Å². The topological polar surface area (TPSA) is 12.5 Å². The largest absolute Gasteiger partial charge is 0.445 e. The lowest BCUT2D eigenvalue weighted by Gasteiger charge is -2.04. The van der Waals surface area contributed by atoms with E-state index in [0.29, 0.717) is 0 Å². The van der Waals surface area contributed by atoms with Gasteiger partial charge in [-0.15, -0.1) is 0 Å². The van der Waals surface area contributed by atoms with Gasteiger partial charge in [-0.05, 0) is 0 Å². The number of ether oxygens (including phenoxy) is 1. The fourth-order valence-electron chi connectivity index (χ4n) is 0.589. The normalized spacial score (nSPS) is 32.6. The Balaban J connectivity index is 3.02. The molecule has 1 nitrogen and oxygen atoms in total. The van der Waals surface area contributed by atoms with Crippen LogP contribution >= 0.6 is 0 Å². The van der Waals surface area contributed by atoms with E-state index >= 15 is 0 Å². The molecule has 1 unspecified atom stereocenters. The molecule has 0 aromatic heterocycles. The fourth-order valence-corrected chi connectivity index (χ4v) is 0.589. The van der Waals surface area contributed by atoms with E-state index in [4.69, 9.17) is 0 Å². The van der Waals surface area contributed by atoms with E-state index in [1.807, 2.05) is 0 Å². The van der Waals surface area contributed by atoms with Crippen LogP contribution in [0.3, 0.4) is 0 Å². The lowest BCUT2D eigenvalue weighted by atomic mass is 10.3. The molecule has 0 bridgehead atoms. The van der Waals surface area contributed by atoms with Gasteiger partial charge in [0, 0.05) is 0 Å². The Morgan fingerprint density at radius 3 is 1.57 bits per heavy atom. The highest BCUT2D eigenvalue weighted by molar-refractivity contribution is 5.22. The van der Waals surface area contributed by atoms with Gasteiger partial charge in [0.1, 0.15) is 0 Å². The molecule has 0 radical (unpaired) electrons. The highest BCUT2D eigenvalue weighted by Crippen LogP contribution is 2.58. The van der Waals surface area contributed by atoms with Crippen LogP contribution in [0.4, 0.5) is 35.1 Å². The van der Waals surface area contributed by atoms with Gasteiger partial charge in [0.15, 0.2) is 0 Å². The maximum Gasteiger partial charge on any atom is 0.445 e. The summed E-state index contributed by atoms with van der Waals surface area (Å²) in [4.78, 5) is 0. The summed E-state index contributed by atoms with van der Waals surface area (Å²) in [6, 6.07) is 0. The summed E-state index contributed by atoms with van der Waals surface area (Å²) in [5.74, 6) is -11.5. The first-order valence-electron chi connectivity index (χ1n) is 2.92. The minimum Gasteiger partial charge on any atom is -0.264 e. The molecule has 1 rings (SSSR count). The van der Waals surface area contributed by atoms with Gasteiger partial charge in [-0.1, -0.05) is 0 Å². The summed E-state index contributed by atoms with van der Waals surface area (Å²) in [7, 11) is 0. The van der Waals surface area contributed by atoms with Crippen molar-refractivity contribution in [2.24, 2.45) is 0 Å². The summed E-state index contributed by atoms with van der Waals surface area (Å²) in [6.07, 6.45) is -10.6. The number of halogens is 8. The van der Waals surface area contributed by atoms with Crippen LogP contribution in [0.15, 0.2) is 11.7 Å². The van der Waals surface area contributed by atoms with E-state index in [-0.39, 0.29) is 0 Å². The van der Waals surface area contributed by atoms with Crippen LogP contribution in [-0.2, 0) is 4.74 Å². The van der Waals surface area contributed by atoms with Gasteiger partial charge in [0.05, 0.1) is 0 Å². The van der Waals surface area contributed by atoms with Gasteiger partial charge < -0.3 is 0 Å². The molecule has 14 heavy (non-hydrogen) atoms. The van der Waals surface area contributed by atoms with E-state index in [1.54, 1.807) is 0 Å². The quantitative estimate of drug-likeness (QED) is 0.496. The molecule has 0 spiro atoms. The lowest BCUT2D eigenvalue weighted by molar-refractivity contribution is -0.113. The summed E-state index contributed by atoms with van der Waals surface area (Å²) in [5, 5.41) is 0. The highest BCUT2D eigenvalue weighted by Gasteiger charge is 2.81. The molecule has 9 heteroatoms. The number of alkyl halides is 6. The monoisotopic (exact) mass is 228 g/mol. The highest BCUT2D eigenvalue weighted by atomic mass is 19.4. The molecule has 0 aromatic carbocycles. The molecule has 0 saturated carbocycles. The number of epoxide rings is 1. The van der Waals surface area contributed by atoms with Gasteiger partial charge in [0.25, 0.3) is 0 Å². The Labute approximate surface area is 70.9 Å². The van der Waals surface area contributed by atoms with E-state index in [1.165, 1.54) is 0 Å². The molecule has 1 aliphatic rings. The Morgan fingerprint density at radius 1 is 1.00 bits per heavy atom. The predicted octanol–water partition coefficient (Wildman–Crippen LogP) is 2.99. The molecule has 0 aromatic rings. The van der Waals surface area contributed by atoms with Crippen molar-refractivity contribution in [2.45, 2.75) is 18.1 Å². The molecular weight excluding hydrogens is 228 g/mol. The first-order chi connectivity index (χ1) is 6.02. The zero-order valence-electron chi connectivity index (χ0n) is 5.93. The van der Waals surface area contributed by atoms with Gasteiger partial charge in [-0.2, -0.15) is 30.7 Å². The van der Waals surface area contributed by atoms with Gasteiger partial charge in [-0.3, -0.25) is 4.74 Å². The van der Waals surface area contributed by atoms with Crippen molar-refractivity contribution < 1.29 is 39.9 Å². The first kappa shape index (κ1) is 11.2. The summed E-state index contributed by atoms with van der Waals surface area (Å²) in [6.45, 7) is 0. The van der Waals surface area contributed by atoms with Crippen LogP contribution < -0.4 is 0 Å². The summed E-state index contributed by atoms with van der Waals surface area (Å²) >= 11 is 0. The van der Waals surface area contributed by atoms with Crippen LogP contribution in [-0.4, -0.2) is 18.1 Å². The molecular formula is C5F8O. The third-order valence-electron chi connectivity index (χ3n) is 1.33. The van der Waals surface area contributed by atoms with Gasteiger partial charge in [-0.25, -0.2) is 4.39 Å². The molecule has 1 aliphatic heterocycles. The average Bonchev–Trinajstić information content (AvgIpc) is 2.48. The van der Waals surface area contributed by atoms with Crippen LogP contribution in [0.25, 0.3) is 0 Å². The third kappa shape index (κ3) is 1.45. The van der Waals surface area contributed by atoms with Crippen molar-refractivity contribution in [3.05, 3.63) is 11.7 Å². The predicted molar refractivity (Wildman–Crippen MR) is 25.2 cm³/mol. The molecule has 0 N–H and O–H groups in total. The van der Waals surface area contributed by atoms with E-state index in [9.17, 15) is 35.1 Å². The second kappa shape index (κ2) is 2.59. The molecule has 1 atom stereocenters. The first-order valence-corrected chi connectivity index (χ1v) is 2.92. The minimum absolute atomic E-state index is 2.70. The molecule has 82 valence electrons. The number of hydrogen-bond donors (Lipinski definition) is 0.